The van der Waals surface area contributed by atoms with Gasteiger partial charge in [-0.1, -0.05) is 6.07 Å². The van der Waals surface area contributed by atoms with Gasteiger partial charge in [-0.05, 0) is 54.2 Å². The lowest BCUT2D eigenvalue weighted by Gasteiger charge is -2.11. The van der Waals surface area contributed by atoms with Gasteiger partial charge in [0.1, 0.15) is 5.76 Å². The molecule has 1 aliphatic carbocycles. The molecule has 4 rings (SSSR count). The number of cyclic esters (lactones) is 1. The molecule has 2 aromatic carbocycles. The summed E-state index contributed by atoms with van der Waals surface area (Å²) in [7, 11) is 0. The van der Waals surface area contributed by atoms with Crippen LogP contribution in [-0.2, 0) is 10.9 Å². The number of alkyl halides is 3. The highest BCUT2D eigenvalue weighted by Crippen LogP contribution is 2.45. The SMILES string of the molecule is O=C1O/C(=C\c2ccc(C(F)(F)F)cc2C2CC2)c2ccc([N+](=O)[O-])cc21. The van der Waals surface area contributed by atoms with Gasteiger partial charge in [-0.3, -0.25) is 10.1 Å². The van der Waals surface area contributed by atoms with Gasteiger partial charge in [-0.15, -0.1) is 0 Å². The number of benzene rings is 2. The van der Waals surface area contributed by atoms with Crippen molar-refractivity contribution >= 4 is 23.5 Å². The number of carbonyl (C=O) groups is 1. The highest BCUT2D eigenvalue weighted by atomic mass is 19.4. The Hall–Kier alpha value is -3.16. The zero-order chi connectivity index (χ0) is 19.3. The number of nitrogens with zero attached hydrogens (tertiary/aromatic N) is 1. The average Bonchev–Trinajstić information content (AvgIpc) is 3.40. The van der Waals surface area contributed by atoms with E-state index in [9.17, 15) is 28.1 Å². The van der Waals surface area contributed by atoms with Crippen molar-refractivity contribution in [2.45, 2.75) is 24.9 Å². The Morgan fingerprint density at radius 2 is 1.85 bits per heavy atom. The molecule has 2 aliphatic rings. The van der Waals surface area contributed by atoms with Crippen LogP contribution in [0.1, 0.15) is 51.4 Å². The fourth-order valence-electron chi connectivity index (χ4n) is 3.12. The minimum atomic E-state index is -4.43. The van der Waals surface area contributed by atoms with E-state index >= 15 is 0 Å². The van der Waals surface area contributed by atoms with Gasteiger partial charge in [0, 0.05) is 17.7 Å². The first-order valence-electron chi connectivity index (χ1n) is 8.18. The fraction of sp³-hybridized carbons (Fsp3) is 0.211. The fourth-order valence-corrected chi connectivity index (χ4v) is 3.12. The third-order valence-electron chi connectivity index (χ3n) is 4.62. The summed E-state index contributed by atoms with van der Waals surface area (Å²) < 4.78 is 44.2. The average molecular weight is 375 g/mol. The Labute approximate surface area is 151 Å². The first kappa shape index (κ1) is 17.3. The van der Waals surface area contributed by atoms with Crippen molar-refractivity contribution < 1.29 is 27.6 Å². The summed E-state index contributed by atoms with van der Waals surface area (Å²) in [6.45, 7) is 0. The van der Waals surface area contributed by atoms with Gasteiger partial charge in [-0.2, -0.15) is 13.2 Å². The molecule has 0 radical (unpaired) electrons. The summed E-state index contributed by atoms with van der Waals surface area (Å²) in [5, 5.41) is 10.9. The van der Waals surface area contributed by atoms with Crippen molar-refractivity contribution in [3.05, 3.63) is 74.3 Å². The van der Waals surface area contributed by atoms with E-state index in [0.717, 1.165) is 31.0 Å². The number of nitro groups is 1. The highest BCUT2D eigenvalue weighted by molar-refractivity contribution is 6.06. The van der Waals surface area contributed by atoms with E-state index in [2.05, 4.69) is 0 Å². The van der Waals surface area contributed by atoms with Gasteiger partial charge in [0.2, 0.25) is 0 Å². The molecule has 1 aliphatic heterocycles. The van der Waals surface area contributed by atoms with Crippen LogP contribution in [0.25, 0.3) is 11.8 Å². The second-order valence-electron chi connectivity index (χ2n) is 6.50. The number of ether oxygens (including phenoxy) is 1. The predicted octanol–water partition coefficient (Wildman–Crippen LogP) is 5.16. The lowest BCUT2D eigenvalue weighted by molar-refractivity contribution is -0.384. The molecule has 0 atom stereocenters. The van der Waals surface area contributed by atoms with Crippen molar-refractivity contribution in [3.63, 3.8) is 0 Å². The van der Waals surface area contributed by atoms with Crippen LogP contribution in [0.15, 0.2) is 36.4 Å². The van der Waals surface area contributed by atoms with Crippen LogP contribution in [0, 0.1) is 10.1 Å². The molecule has 138 valence electrons. The molecule has 27 heavy (non-hydrogen) atoms. The Morgan fingerprint density at radius 3 is 2.48 bits per heavy atom. The second kappa shape index (κ2) is 5.94. The first-order valence-corrected chi connectivity index (χ1v) is 8.18. The molecule has 0 unspecified atom stereocenters. The van der Waals surface area contributed by atoms with Crippen LogP contribution in [0.5, 0.6) is 0 Å². The number of hydrogen-bond donors (Lipinski definition) is 0. The first-order chi connectivity index (χ1) is 12.7. The molecule has 2 aromatic rings. The molecule has 1 fully saturated rings. The highest BCUT2D eigenvalue weighted by Gasteiger charge is 2.34. The summed E-state index contributed by atoms with van der Waals surface area (Å²) >= 11 is 0. The summed E-state index contributed by atoms with van der Waals surface area (Å²) in [6.07, 6.45) is -1.30. The third-order valence-corrected chi connectivity index (χ3v) is 4.62. The maximum atomic E-state index is 13.0. The molecule has 1 heterocycles. The zero-order valence-electron chi connectivity index (χ0n) is 13.7. The Morgan fingerprint density at radius 1 is 1.11 bits per heavy atom. The van der Waals surface area contributed by atoms with Crippen LogP contribution < -0.4 is 0 Å². The van der Waals surface area contributed by atoms with E-state index in [1.807, 2.05) is 0 Å². The molecule has 1 saturated carbocycles. The third kappa shape index (κ3) is 3.18. The Bertz CT molecular complexity index is 1010. The lowest BCUT2D eigenvalue weighted by Crippen LogP contribution is -2.06. The van der Waals surface area contributed by atoms with Crippen LogP contribution in [0.2, 0.25) is 0 Å². The minimum absolute atomic E-state index is 0.0487. The molecule has 0 spiro atoms. The normalized spacial score (nSPS) is 17.7. The van der Waals surface area contributed by atoms with E-state index in [-0.39, 0.29) is 22.9 Å². The predicted molar refractivity (Wildman–Crippen MR) is 89.8 cm³/mol. The van der Waals surface area contributed by atoms with Crippen molar-refractivity contribution in [2.75, 3.05) is 0 Å². The molecule has 0 amide bonds. The van der Waals surface area contributed by atoms with Gasteiger partial charge < -0.3 is 4.74 Å². The van der Waals surface area contributed by atoms with Crippen molar-refractivity contribution in [3.8, 4) is 0 Å². The van der Waals surface area contributed by atoms with Crippen LogP contribution in [0.4, 0.5) is 18.9 Å². The summed E-state index contributed by atoms with van der Waals surface area (Å²) in [4.78, 5) is 22.3. The number of non-ortho nitro benzene ring substituents is 1. The molecule has 0 N–H and O–H groups in total. The van der Waals surface area contributed by atoms with E-state index in [1.165, 1.54) is 24.3 Å². The smallest absolute Gasteiger partial charge is 0.416 e. The molecule has 0 bridgehead atoms. The summed E-state index contributed by atoms with van der Waals surface area (Å²) in [5.74, 6) is -0.501. The van der Waals surface area contributed by atoms with Gasteiger partial charge in [0.15, 0.2) is 0 Å². The largest absolute Gasteiger partial charge is 0.422 e. The molecular formula is C19H12F3NO4. The molecule has 0 aromatic heterocycles. The maximum Gasteiger partial charge on any atom is 0.416 e. The van der Waals surface area contributed by atoms with Crippen LogP contribution >= 0.6 is 0 Å². The standard InChI is InChI=1S/C19H12F3NO4/c20-19(21,22)12-4-3-11(15(8-12)10-1-2-10)7-17-14-6-5-13(23(25)26)9-16(14)18(24)27-17/h3-10H,1-2H2/b17-7-. The van der Waals surface area contributed by atoms with Crippen molar-refractivity contribution in [1.82, 2.24) is 0 Å². The van der Waals surface area contributed by atoms with Crippen LogP contribution in [0.3, 0.4) is 0 Å². The number of hydrogen-bond acceptors (Lipinski definition) is 4. The van der Waals surface area contributed by atoms with Crippen molar-refractivity contribution in [2.24, 2.45) is 0 Å². The lowest BCUT2D eigenvalue weighted by atomic mass is 9.98. The molecule has 5 nitrogen and oxygen atoms in total. The number of fused-ring (bicyclic) bond motifs is 1. The quantitative estimate of drug-likeness (QED) is 0.422. The molecular weight excluding hydrogens is 363 g/mol. The molecule has 0 saturated heterocycles. The molecule has 8 heteroatoms. The number of nitro benzene ring substituents is 1. The summed E-state index contributed by atoms with van der Waals surface area (Å²) in [5.41, 5.74) is 0.594. The number of carbonyl (C=O) groups excluding carboxylic acids is 1. The number of halogens is 3. The van der Waals surface area contributed by atoms with E-state index in [4.69, 9.17) is 4.74 Å². The van der Waals surface area contributed by atoms with E-state index in [0.29, 0.717) is 16.7 Å². The van der Waals surface area contributed by atoms with Crippen molar-refractivity contribution in [1.29, 1.82) is 0 Å². The Kier molecular flexibility index (Phi) is 3.80. The Balaban J connectivity index is 1.78. The van der Waals surface area contributed by atoms with Gasteiger partial charge in [-0.25, -0.2) is 4.79 Å². The van der Waals surface area contributed by atoms with E-state index in [1.54, 1.807) is 0 Å². The topological polar surface area (TPSA) is 69.4 Å². The second-order valence-corrected chi connectivity index (χ2v) is 6.50. The van der Waals surface area contributed by atoms with E-state index < -0.39 is 22.6 Å². The monoisotopic (exact) mass is 375 g/mol. The van der Waals surface area contributed by atoms with Gasteiger partial charge in [0.05, 0.1) is 16.1 Å². The number of rotatable bonds is 3. The maximum absolute atomic E-state index is 13.0. The van der Waals surface area contributed by atoms with Crippen LogP contribution in [-0.4, -0.2) is 10.9 Å². The van der Waals surface area contributed by atoms with Gasteiger partial charge in [0.25, 0.3) is 5.69 Å². The zero-order valence-corrected chi connectivity index (χ0v) is 13.7. The minimum Gasteiger partial charge on any atom is -0.422 e. The summed E-state index contributed by atoms with van der Waals surface area (Å²) in [6, 6.07) is 7.28. The number of esters is 1. The van der Waals surface area contributed by atoms with Gasteiger partial charge >= 0.3 is 12.1 Å².